The molecule has 272 valence electrons. The average Bonchev–Trinajstić information content (AvgIpc) is 3.70. The molecule has 2 heteroatoms. The second-order valence-corrected chi connectivity index (χ2v) is 14.9. The van der Waals surface area contributed by atoms with Gasteiger partial charge in [0.1, 0.15) is 11.2 Å². The summed E-state index contributed by atoms with van der Waals surface area (Å²) in [7, 11) is 0. The summed E-state index contributed by atoms with van der Waals surface area (Å²) in [5, 5.41) is 6.96. The van der Waals surface area contributed by atoms with Crippen LogP contribution in [0, 0.1) is 0 Å². The van der Waals surface area contributed by atoms with Crippen LogP contribution in [0.15, 0.2) is 229 Å². The molecule has 1 aromatic heterocycles. The minimum Gasteiger partial charge on any atom is -0.455 e. The normalized spacial score (nSPS) is 11.4. The molecular formula is C56H37NO. The van der Waals surface area contributed by atoms with Gasteiger partial charge in [-0.1, -0.05) is 164 Å². The monoisotopic (exact) mass is 739 g/mol. The molecule has 11 rings (SSSR count). The van der Waals surface area contributed by atoms with Crippen molar-refractivity contribution in [2.75, 3.05) is 4.90 Å². The quantitative estimate of drug-likeness (QED) is 0.162. The van der Waals surface area contributed by atoms with Crippen LogP contribution < -0.4 is 4.90 Å². The van der Waals surface area contributed by atoms with Crippen molar-refractivity contribution in [1.82, 2.24) is 0 Å². The average molecular weight is 740 g/mol. The largest absolute Gasteiger partial charge is 0.455 e. The van der Waals surface area contributed by atoms with Gasteiger partial charge in [-0.15, -0.1) is 0 Å². The van der Waals surface area contributed by atoms with E-state index in [4.69, 9.17) is 4.42 Å². The van der Waals surface area contributed by atoms with Crippen LogP contribution in [0.2, 0.25) is 0 Å². The molecule has 0 fully saturated rings. The minimum atomic E-state index is 0.865. The summed E-state index contributed by atoms with van der Waals surface area (Å²) in [6.45, 7) is 0. The maximum absolute atomic E-state index is 6.69. The van der Waals surface area contributed by atoms with Gasteiger partial charge in [0.2, 0.25) is 0 Å². The smallest absolute Gasteiger partial charge is 0.143 e. The van der Waals surface area contributed by atoms with Crippen molar-refractivity contribution in [2.24, 2.45) is 0 Å². The van der Waals surface area contributed by atoms with Gasteiger partial charge >= 0.3 is 0 Å². The highest BCUT2D eigenvalue weighted by molar-refractivity contribution is 6.19. The lowest BCUT2D eigenvalue weighted by Gasteiger charge is -2.27. The highest BCUT2D eigenvalue weighted by Gasteiger charge is 2.21. The van der Waals surface area contributed by atoms with Gasteiger partial charge in [-0.3, -0.25) is 0 Å². The molecule has 0 atom stereocenters. The standard InChI is InChI=1S/C56H37NO/c1-3-13-38(14-4-1)44-35-45(39-15-5-2-6-16-39)37-46(36-44)40-25-30-47(31-26-40)57(48-32-27-43(28-33-48)50-22-11-19-41-17-7-9-20-49(41)50)53-23-12-24-54-55(53)52-34-29-42-18-8-10-21-51(42)56(52)58-54/h1-37H. The third-order valence-electron chi connectivity index (χ3n) is 11.4. The predicted octanol–water partition coefficient (Wildman–Crippen LogP) is 16.0. The Labute approximate surface area is 337 Å². The molecule has 0 amide bonds. The van der Waals surface area contributed by atoms with Crippen molar-refractivity contribution in [3.8, 4) is 44.5 Å². The lowest BCUT2D eigenvalue weighted by Crippen LogP contribution is -2.10. The summed E-state index contributed by atoms with van der Waals surface area (Å²) in [4.78, 5) is 2.37. The minimum absolute atomic E-state index is 0.865. The number of nitrogens with zero attached hydrogens (tertiary/aromatic N) is 1. The van der Waals surface area contributed by atoms with Gasteiger partial charge in [-0.05, 0) is 121 Å². The van der Waals surface area contributed by atoms with Crippen LogP contribution in [0.3, 0.4) is 0 Å². The zero-order valence-electron chi connectivity index (χ0n) is 31.7. The Balaban J connectivity index is 1.07. The molecule has 11 aromatic rings. The van der Waals surface area contributed by atoms with Crippen molar-refractivity contribution < 1.29 is 4.42 Å². The number of anilines is 3. The molecule has 0 saturated carbocycles. The molecule has 0 saturated heterocycles. The van der Waals surface area contributed by atoms with E-state index in [0.29, 0.717) is 0 Å². The third kappa shape index (κ3) is 5.91. The SMILES string of the molecule is c1ccc(-c2cc(-c3ccccc3)cc(-c3ccc(N(c4ccc(-c5cccc6ccccc56)cc4)c4cccc5oc6c7ccccc7ccc6c45)cc3)c2)cc1. The number of benzene rings is 10. The number of fused-ring (bicyclic) bond motifs is 6. The third-order valence-corrected chi connectivity index (χ3v) is 11.4. The maximum Gasteiger partial charge on any atom is 0.143 e. The molecule has 0 unspecified atom stereocenters. The van der Waals surface area contributed by atoms with Crippen LogP contribution in [-0.2, 0) is 0 Å². The topological polar surface area (TPSA) is 16.4 Å². The number of hydrogen-bond donors (Lipinski definition) is 0. The van der Waals surface area contributed by atoms with Crippen molar-refractivity contribution in [3.05, 3.63) is 224 Å². The van der Waals surface area contributed by atoms with Crippen molar-refractivity contribution >= 4 is 60.5 Å². The molecule has 0 spiro atoms. The number of furan rings is 1. The van der Waals surface area contributed by atoms with E-state index in [2.05, 4.69) is 229 Å². The Morgan fingerprint density at radius 2 is 0.810 bits per heavy atom. The Morgan fingerprint density at radius 3 is 1.45 bits per heavy atom. The van der Waals surface area contributed by atoms with Gasteiger partial charge in [0, 0.05) is 22.1 Å². The second-order valence-electron chi connectivity index (χ2n) is 14.9. The van der Waals surface area contributed by atoms with Gasteiger partial charge in [-0.2, -0.15) is 0 Å². The second kappa shape index (κ2) is 14.1. The van der Waals surface area contributed by atoms with Gasteiger partial charge < -0.3 is 9.32 Å². The first-order valence-corrected chi connectivity index (χ1v) is 19.8. The maximum atomic E-state index is 6.69. The van der Waals surface area contributed by atoms with Crippen molar-refractivity contribution in [1.29, 1.82) is 0 Å². The van der Waals surface area contributed by atoms with Crippen LogP contribution in [0.5, 0.6) is 0 Å². The lowest BCUT2D eigenvalue weighted by molar-refractivity contribution is 0.672. The Kier molecular flexibility index (Phi) is 8.19. The predicted molar refractivity (Wildman–Crippen MR) is 245 cm³/mol. The van der Waals surface area contributed by atoms with Crippen LogP contribution in [0.1, 0.15) is 0 Å². The van der Waals surface area contributed by atoms with E-state index in [9.17, 15) is 0 Å². The fraction of sp³-hybridized carbons (Fsp3) is 0. The molecule has 0 N–H and O–H groups in total. The summed E-state index contributed by atoms with van der Waals surface area (Å²) >= 11 is 0. The Bertz CT molecular complexity index is 3190. The lowest BCUT2D eigenvalue weighted by atomic mass is 9.93. The highest BCUT2D eigenvalue weighted by atomic mass is 16.3. The van der Waals surface area contributed by atoms with Crippen LogP contribution in [0.4, 0.5) is 17.1 Å². The van der Waals surface area contributed by atoms with E-state index in [1.165, 1.54) is 55.1 Å². The molecule has 0 radical (unpaired) electrons. The summed E-state index contributed by atoms with van der Waals surface area (Å²) in [5.74, 6) is 0. The highest BCUT2D eigenvalue weighted by Crippen LogP contribution is 2.45. The molecule has 10 aromatic carbocycles. The molecule has 2 nitrogen and oxygen atoms in total. The summed E-state index contributed by atoms with van der Waals surface area (Å²) in [5.41, 5.74) is 14.5. The summed E-state index contributed by atoms with van der Waals surface area (Å²) in [6.07, 6.45) is 0. The summed E-state index contributed by atoms with van der Waals surface area (Å²) in [6, 6.07) is 80.6. The van der Waals surface area contributed by atoms with E-state index in [0.717, 1.165) is 50.0 Å². The molecule has 0 aliphatic heterocycles. The molecule has 0 aliphatic carbocycles. The first kappa shape index (κ1) is 33.6. The Morgan fingerprint density at radius 1 is 0.310 bits per heavy atom. The van der Waals surface area contributed by atoms with Gasteiger partial charge in [0.15, 0.2) is 0 Å². The van der Waals surface area contributed by atoms with Crippen molar-refractivity contribution in [3.63, 3.8) is 0 Å². The fourth-order valence-corrected chi connectivity index (χ4v) is 8.61. The van der Waals surface area contributed by atoms with E-state index >= 15 is 0 Å². The van der Waals surface area contributed by atoms with Crippen LogP contribution in [0.25, 0.3) is 88.0 Å². The molecule has 0 bridgehead atoms. The van der Waals surface area contributed by atoms with Crippen molar-refractivity contribution in [2.45, 2.75) is 0 Å². The first-order valence-electron chi connectivity index (χ1n) is 19.8. The zero-order chi connectivity index (χ0) is 38.4. The zero-order valence-corrected chi connectivity index (χ0v) is 31.7. The summed E-state index contributed by atoms with van der Waals surface area (Å²) < 4.78 is 6.69. The number of rotatable bonds is 7. The van der Waals surface area contributed by atoms with E-state index in [-0.39, 0.29) is 0 Å². The number of hydrogen-bond acceptors (Lipinski definition) is 2. The van der Waals surface area contributed by atoms with E-state index in [1.807, 2.05) is 0 Å². The van der Waals surface area contributed by atoms with E-state index in [1.54, 1.807) is 0 Å². The molecular weight excluding hydrogens is 703 g/mol. The molecule has 58 heavy (non-hydrogen) atoms. The van der Waals surface area contributed by atoms with Gasteiger partial charge in [0.05, 0.1) is 11.1 Å². The Hall–Kier alpha value is -7.68. The van der Waals surface area contributed by atoms with Crippen LogP contribution >= 0.6 is 0 Å². The van der Waals surface area contributed by atoms with Crippen LogP contribution in [-0.4, -0.2) is 0 Å². The fourth-order valence-electron chi connectivity index (χ4n) is 8.61. The van der Waals surface area contributed by atoms with Gasteiger partial charge in [0.25, 0.3) is 0 Å². The van der Waals surface area contributed by atoms with E-state index < -0.39 is 0 Å². The molecule has 1 heterocycles. The van der Waals surface area contributed by atoms with Gasteiger partial charge in [-0.25, -0.2) is 0 Å². The first-order chi connectivity index (χ1) is 28.7. The molecule has 0 aliphatic rings.